The van der Waals surface area contributed by atoms with Gasteiger partial charge in [0.1, 0.15) is 6.04 Å². The minimum absolute atomic E-state index is 0.0917. The number of hydrogen-bond donors (Lipinski definition) is 1. The third kappa shape index (κ3) is 5.09. The number of nitrogens with zero attached hydrogens (tertiary/aromatic N) is 1. The lowest BCUT2D eigenvalue weighted by Gasteiger charge is -2.31. The van der Waals surface area contributed by atoms with Gasteiger partial charge in [-0.15, -0.1) is 0 Å². The molecular formula is C21H25ClN2O2. The summed E-state index contributed by atoms with van der Waals surface area (Å²) in [5, 5.41) is 3.27. The van der Waals surface area contributed by atoms with Crippen LogP contribution in [0.1, 0.15) is 30.0 Å². The molecule has 0 aliphatic carbocycles. The Bertz CT molecular complexity index is 776. The molecule has 2 aromatic carbocycles. The van der Waals surface area contributed by atoms with E-state index in [9.17, 15) is 9.59 Å². The third-order valence-electron chi connectivity index (χ3n) is 4.48. The van der Waals surface area contributed by atoms with Crippen LogP contribution in [-0.4, -0.2) is 29.8 Å². The largest absolute Gasteiger partial charge is 0.357 e. The molecule has 0 aromatic heterocycles. The van der Waals surface area contributed by atoms with E-state index in [1.165, 1.54) is 0 Å². The summed E-state index contributed by atoms with van der Waals surface area (Å²) in [6, 6.07) is 14.7. The van der Waals surface area contributed by atoms with Gasteiger partial charge in [-0.05, 0) is 42.2 Å². The van der Waals surface area contributed by atoms with Gasteiger partial charge < -0.3 is 10.2 Å². The summed E-state index contributed by atoms with van der Waals surface area (Å²) in [4.78, 5) is 27.1. The molecule has 1 unspecified atom stereocenters. The normalized spacial score (nSPS) is 11.7. The van der Waals surface area contributed by atoms with Crippen molar-refractivity contribution in [1.29, 1.82) is 0 Å². The Hall–Kier alpha value is -2.33. The van der Waals surface area contributed by atoms with E-state index < -0.39 is 6.04 Å². The van der Waals surface area contributed by atoms with E-state index in [1.54, 1.807) is 24.1 Å². The molecule has 0 aliphatic rings. The summed E-state index contributed by atoms with van der Waals surface area (Å²) in [7, 11) is 1.60. The lowest BCUT2D eigenvalue weighted by molar-refractivity contribution is -0.140. The van der Waals surface area contributed by atoms with Gasteiger partial charge >= 0.3 is 0 Å². The summed E-state index contributed by atoms with van der Waals surface area (Å²) in [5.41, 5.74) is 2.97. The van der Waals surface area contributed by atoms with Crippen LogP contribution < -0.4 is 5.32 Å². The molecule has 2 amide bonds. The number of halogens is 1. The molecule has 2 aromatic rings. The smallest absolute Gasteiger partial charge is 0.242 e. The fourth-order valence-electron chi connectivity index (χ4n) is 2.98. The van der Waals surface area contributed by atoms with Crippen molar-refractivity contribution in [2.24, 2.45) is 0 Å². The van der Waals surface area contributed by atoms with Crippen LogP contribution in [0, 0.1) is 6.92 Å². The van der Waals surface area contributed by atoms with Crippen molar-refractivity contribution in [1.82, 2.24) is 10.2 Å². The van der Waals surface area contributed by atoms with E-state index in [-0.39, 0.29) is 18.2 Å². The fourth-order valence-corrected chi connectivity index (χ4v) is 3.19. The molecular weight excluding hydrogens is 348 g/mol. The highest BCUT2D eigenvalue weighted by Gasteiger charge is 2.28. The summed E-state index contributed by atoms with van der Waals surface area (Å²) in [6.45, 7) is 4.32. The van der Waals surface area contributed by atoms with Crippen molar-refractivity contribution in [3.8, 4) is 0 Å². The molecule has 0 saturated carbocycles. The van der Waals surface area contributed by atoms with E-state index in [4.69, 9.17) is 11.6 Å². The molecule has 0 saturated heterocycles. The van der Waals surface area contributed by atoms with Gasteiger partial charge in [0.05, 0.1) is 6.42 Å². The van der Waals surface area contributed by atoms with Gasteiger partial charge in [0.25, 0.3) is 0 Å². The van der Waals surface area contributed by atoms with Crippen molar-refractivity contribution in [2.45, 2.75) is 39.3 Å². The highest BCUT2D eigenvalue weighted by Crippen LogP contribution is 2.18. The van der Waals surface area contributed by atoms with Crippen molar-refractivity contribution >= 4 is 23.4 Å². The number of carbonyl (C=O) groups is 2. The summed E-state index contributed by atoms with van der Waals surface area (Å²) in [6.07, 6.45) is 0.757. The standard InChI is InChI=1S/C21H25ClN2O2/c1-4-19(21(26)23-3)24(14-17-10-6-5-8-15(17)2)20(25)13-16-9-7-11-18(22)12-16/h5-12,19H,4,13-14H2,1-3H3,(H,23,26). The fraction of sp³-hybridized carbons (Fsp3) is 0.333. The first-order valence-corrected chi connectivity index (χ1v) is 9.14. The van der Waals surface area contributed by atoms with Crippen LogP contribution in [0.2, 0.25) is 5.02 Å². The Balaban J connectivity index is 2.30. The maximum Gasteiger partial charge on any atom is 0.242 e. The molecule has 26 heavy (non-hydrogen) atoms. The number of likely N-dealkylation sites (N-methyl/N-ethyl adjacent to an activating group) is 1. The molecule has 1 N–H and O–H groups in total. The topological polar surface area (TPSA) is 49.4 Å². The lowest BCUT2D eigenvalue weighted by atomic mass is 10.0. The van der Waals surface area contributed by atoms with Crippen LogP contribution in [-0.2, 0) is 22.6 Å². The SMILES string of the molecule is CCC(C(=O)NC)N(Cc1ccccc1C)C(=O)Cc1cccc(Cl)c1. The zero-order chi connectivity index (χ0) is 19.1. The van der Waals surface area contributed by atoms with Crippen molar-refractivity contribution in [3.05, 3.63) is 70.2 Å². The number of rotatable bonds is 7. The third-order valence-corrected chi connectivity index (χ3v) is 4.71. The second-order valence-corrected chi connectivity index (χ2v) is 6.73. The first-order chi connectivity index (χ1) is 12.5. The Morgan fingerprint density at radius 1 is 1.15 bits per heavy atom. The second-order valence-electron chi connectivity index (χ2n) is 6.29. The molecule has 4 nitrogen and oxygen atoms in total. The van der Waals surface area contributed by atoms with Crippen molar-refractivity contribution < 1.29 is 9.59 Å². The molecule has 0 bridgehead atoms. The number of amides is 2. The first kappa shape index (κ1) is 20.0. The van der Waals surface area contributed by atoms with Gasteiger partial charge in [-0.1, -0.05) is 54.9 Å². The summed E-state index contributed by atoms with van der Waals surface area (Å²) < 4.78 is 0. The summed E-state index contributed by atoms with van der Waals surface area (Å²) >= 11 is 6.03. The number of hydrogen-bond acceptors (Lipinski definition) is 2. The van der Waals surface area contributed by atoms with E-state index >= 15 is 0 Å². The highest BCUT2D eigenvalue weighted by molar-refractivity contribution is 6.30. The maximum absolute atomic E-state index is 13.1. The molecule has 0 radical (unpaired) electrons. The zero-order valence-corrected chi connectivity index (χ0v) is 16.2. The number of aryl methyl sites for hydroxylation is 1. The molecule has 0 fully saturated rings. The van der Waals surface area contributed by atoms with E-state index in [0.717, 1.165) is 16.7 Å². The van der Waals surface area contributed by atoms with E-state index in [0.29, 0.717) is 18.0 Å². The Labute approximate surface area is 160 Å². The van der Waals surface area contributed by atoms with E-state index in [1.807, 2.05) is 50.2 Å². The van der Waals surface area contributed by atoms with Crippen LogP contribution in [0.3, 0.4) is 0 Å². The number of carbonyl (C=O) groups excluding carboxylic acids is 2. The predicted octanol–water partition coefficient (Wildman–Crippen LogP) is 3.74. The molecule has 0 spiro atoms. The maximum atomic E-state index is 13.1. The highest BCUT2D eigenvalue weighted by atomic mass is 35.5. The van der Waals surface area contributed by atoms with Crippen LogP contribution in [0.25, 0.3) is 0 Å². The molecule has 5 heteroatoms. The van der Waals surface area contributed by atoms with Gasteiger partial charge in [-0.2, -0.15) is 0 Å². The Kier molecular flexibility index (Phi) is 7.22. The van der Waals surface area contributed by atoms with Crippen LogP contribution in [0.5, 0.6) is 0 Å². The van der Waals surface area contributed by atoms with Crippen LogP contribution >= 0.6 is 11.6 Å². The van der Waals surface area contributed by atoms with Gasteiger partial charge in [0.15, 0.2) is 0 Å². The van der Waals surface area contributed by atoms with Crippen molar-refractivity contribution in [3.63, 3.8) is 0 Å². The Morgan fingerprint density at radius 2 is 1.88 bits per heavy atom. The lowest BCUT2D eigenvalue weighted by Crippen LogP contribution is -2.48. The average Bonchev–Trinajstić information content (AvgIpc) is 2.62. The molecule has 138 valence electrons. The van der Waals surface area contributed by atoms with Crippen LogP contribution in [0.4, 0.5) is 0 Å². The van der Waals surface area contributed by atoms with Gasteiger partial charge in [-0.25, -0.2) is 0 Å². The molecule has 0 aliphatic heterocycles. The van der Waals surface area contributed by atoms with Gasteiger partial charge in [-0.3, -0.25) is 9.59 Å². The summed E-state index contributed by atoms with van der Waals surface area (Å²) in [5.74, 6) is -0.244. The minimum Gasteiger partial charge on any atom is -0.357 e. The average molecular weight is 373 g/mol. The predicted molar refractivity (Wildman–Crippen MR) is 105 cm³/mol. The van der Waals surface area contributed by atoms with Crippen molar-refractivity contribution in [2.75, 3.05) is 7.05 Å². The van der Waals surface area contributed by atoms with Gasteiger partial charge in [0.2, 0.25) is 11.8 Å². The first-order valence-electron chi connectivity index (χ1n) is 8.76. The monoisotopic (exact) mass is 372 g/mol. The van der Waals surface area contributed by atoms with Gasteiger partial charge in [0, 0.05) is 18.6 Å². The molecule has 0 heterocycles. The minimum atomic E-state index is -0.508. The Morgan fingerprint density at radius 3 is 2.50 bits per heavy atom. The number of nitrogens with one attached hydrogen (secondary N) is 1. The molecule has 2 rings (SSSR count). The zero-order valence-electron chi connectivity index (χ0n) is 15.5. The second kappa shape index (κ2) is 9.39. The van der Waals surface area contributed by atoms with Crippen LogP contribution in [0.15, 0.2) is 48.5 Å². The van der Waals surface area contributed by atoms with E-state index in [2.05, 4.69) is 5.32 Å². The number of benzene rings is 2. The molecule has 1 atom stereocenters. The quantitative estimate of drug-likeness (QED) is 0.804.